The van der Waals surface area contributed by atoms with Gasteiger partial charge in [0.2, 0.25) is 11.8 Å². The molecule has 0 radical (unpaired) electrons. The number of hydrogen-bond acceptors (Lipinski definition) is 7. The third kappa shape index (κ3) is 8.36. The van der Waals surface area contributed by atoms with Crippen molar-refractivity contribution in [3.8, 4) is 5.75 Å². The van der Waals surface area contributed by atoms with E-state index in [4.69, 9.17) is 4.74 Å². The van der Waals surface area contributed by atoms with E-state index in [9.17, 15) is 14.0 Å². The van der Waals surface area contributed by atoms with E-state index < -0.39 is 11.6 Å². The van der Waals surface area contributed by atoms with E-state index in [2.05, 4.69) is 25.7 Å². The predicted octanol–water partition coefficient (Wildman–Crippen LogP) is 2.88. The van der Waals surface area contributed by atoms with Gasteiger partial charge in [-0.1, -0.05) is 17.7 Å². The second-order valence-electron chi connectivity index (χ2n) is 8.85. The number of amides is 2. The molecule has 2 aromatic heterocycles. The topological polar surface area (TPSA) is 114 Å². The van der Waals surface area contributed by atoms with E-state index >= 15 is 0 Å². The van der Waals surface area contributed by atoms with Crippen LogP contribution in [-0.2, 0) is 16.1 Å². The molecule has 0 saturated carbocycles. The fraction of sp³-hybridized carbons (Fsp3) is 0.375. The fourth-order valence-corrected chi connectivity index (χ4v) is 3.24. The molecule has 10 nitrogen and oxygen atoms in total. The summed E-state index contributed by atoms with van der Waals surface area (Å²) in [6, 6.07) is 9.24. The van der Waals surface area contributed by atoms with Gasteiger partial charge in [-0.3, -0.25) is 14.3 Å². The van der Waals surface area contributed by atoms with E-state index in [1.807, 2.05) is 31.2 Å². The zero-order valence-electron chi connectivity index (χ0n) is 20.3. The van der Waals surface area contributed by atoms with E-state index in [-0.39, 0.29) is 30.6 Å². The maximum Gasteiger partial charge on any atom is 0.310 e. The first-order chi connectivity index (χ1) is 16.6. The number of nitrogens with one attached hydrogen (secondary N) is 2. The van der Waals surface area contributed by atoms with Crippen LogP contribution in [0.15, 0.2) is 48.9 Å². The molecule has 2 amide bonds. The van der Waals surface area contributed by atoms with Crippen LogP contribution in [0.5, 0.6) is 5.75 Å². The number of anilines is 2. The van der Waals surface area contributed by atoms with Crippen molar-refractivity contribution in [3.63, 3.8) is 0 Å². The zero-order chi connectivity index (χ0) is 25.4. The Bertz CT molecular complexity index is 1150. The quantitative estimate of drug-likeness (QED) is 0.403. The highest BCUT2D eigenvalue weighted by molar-refractivity contribution is 5.91. The molecule has 0 aliphatic rings. The number of likely N-dealkylation sites (N-methyl/N-ethyl adjacent to an activating group) is 1. The molecule has 0 saturated heterocycles. The number of ether oxygens (including phenoxy) is 1. The Labute approximate surface area is 203 Å². The van der Waals surface area contributed by atoms with Crippen LogP contribution >= 0.6 is 0 Å². The van der Waals surface area contributed by atoms with Crippen molar-refractivity contribution in [2.45, 2.75) is 39.3 Å². The molecule has 0 bridgehead atoms. The highest BCUT2D eigenvalue weighted by atomic mass is 19.1. The summed E-state index contributed by atoms with van der Waals surface area (Å²) in [4.78, 5) is 33.6. The number of aryl methyl sites for hydroxylation is 1. The highest BCUT2D eigenvalue weighted by Crippen LogP contribution is 2.17. The molecule has 2 N–H and O–H groups in total. The summed E-state index contributed by atoms with van der Waals surface area (Å²) in [5.74, 6) is 0.635. The summed E-state index contributed by atoms with van der Waals surface area (Å²) >= 11 is 0. The van der Waals surface area contributed by atoms with Gasteiger partial charge in [0, 0.05) is 31.4 Å². The Balaban J connectivity index is 1.43. The smallest absolute Gasteiger partial charge is 0.310 e. The van der Waals surface area contributed by atoms with Gasteiger partial charge >= 0.3 is 6.08 Å². The van der Waals surface area contributed by atoms with E-state index in [1.165, 1.54) is 23.1 Å². The molecule has 0 fully saturated rings. The lowest BCUT2D eigenvalue weighted by Gasteiger charge is -2.26. The van der Waals surface area contributed by atoms with E-state index in [1.54, 1.807) is 32.0 Å². The summed E-state index contributed by atoms with van der Waals surface area (Å²) in [6.45, 7) is 6.43. The van der Waals surface area contributed by atoms with Gasteiger partial charge < -0.3 is 20.3 Å². The Morgan fingerprint density at radius 2 is 1.94 bits per heavy atom. The van der Waals surface area contributed by atoms with Crippen LogP contribution < -0.4 is 15.4 Å². The monoisotopic (exact) mass is 483 g/mol. The Kier molecular flexibility index (Phi) is 8.34. The number of benzene rings is 1. The maximum atomic E-state index is 13.2. The van der Waals surface area contributed by atoms with Crippen LogP contribution in [0.4, 0.5) is 15.9 Å². The molecule has 0 atom stereocenters. The molecule has 0 unspecified atom stereocenters. The second-order valence-corrected chi connectivity index (χ2v) is 8.85. The minimum absolute atomic E-state index is 0.0310. The van der Waals surface area contributed by atoms with Crippen LogP contribution in [0.2, 0.25) is 0 Å². The van der Waals surface area contributed by atoms with Gasteiger partial charge in [0.1, 0.15) is 24.7 Å². The molecular formula is C24H30FN7O3. The van der Waals surface area contributed by atoms with Crippen LogP contribution in [-0.4, -0.2) is 62.2 Å². The number of carbonyl (C=O) groups excluding carboxylic acids is 2. The molecular weight excluding hydrogens is 453 g/mol. The minimum atomic E-state index is -0.846. The second kappa shape index (κ2) is 11.4. The largest absolute Gasteiger partial charge is 0.492 e. The van der Waals surface area contributed by atoms with Crippen molar-refractivity contribution >= 4 is 23.3 Å². The van der Waals surface area contributed by atoms with Crippen molar-refractivity contribution in [1.29, 1.82) is 0 Å². The summed E-state index contributed by atoms with van der Waals surface area (Å²) in [5.41, 5.74) is 0.927. The number of aromatic nitrogens is 4. The van der Waals surface area contributed by atoms with Gasteiger partial charge in [-0.25, -0.2) is 4.98 Å². The lowest BCUT2D eigenvalue weighted by Crippen LogP contribution is -2.36. The van der Waals surface area contributed by atoms with Gasteiger partial charge in [-0.15, -0.1) is 0 Å². The lowest BCUT2D eigenvalue weighted by atomic mass is 10.00. The number of carbonyl (C=O) groups is 2. The minimum Gasteiger partial charge on any atom is -0.492 e. The molecule has 35 heavy (non-hydrogen) atoms. The molecule has 1 aromatic carbocycles. The Morgan fingerprint density at radius 1 is 1.20 bits per heavy atom. The average Bonchev–Trinajstić information content (AvgIpc) is 3.20. The van der Waals surface area contributed by atoms with Crippen molar-refractivity contribution in [2.24, 2.45) is 0 Å². The van der Waals surface area contributed by atoms with Crippen LogP contribution in [0.1, 0.15) is 25.8 Å². The highest BCUT2D eigenvalue weighted by Gasteiger charge is 2.23. The zero-order valence-corrected chi connectivity index (χ0v) is 20.3. The number of rotatable bonds is 11. The number of halogens is 1. The first-order valence-electron chi connectivity index (χ1n) is 11.1. The third-order valence-electron chi connectivity index (χ3n) is 5.05. The van der Waals surface area contributed by atoms with E-state index in [0.29, 0.717) is 18.8 Å². The molecule has 0 spiro atoms. The molecule has 11 heteroatoms. The van der Waals surface area contributed by atoms with Crippen molar-refractivity contribution in [1.82, 2.24) is 24.6 Å². The molecule has 3 aromatic rings. The Hall–Kier alpha value is -4.02. The Morgan fingerprint density at radius 3 is 2.66 bits per heavy atom. The van der Waals surface area contributed by atoms with Crippen LogP contribution in [0.25, 0.3) is 0 Å². The van der Waals surface area contributed by atoms with Gasteiger partial charge in [-0.2, -0.15) is 14.5 Å². The first kappa shape index (κ1) is 25.6. The standard InChI is InChI=1S/C24H30FN7O3/c1-17-5-7-19(8-6-17)35-12-11-31(4)22(34)16-32-15-18(14-27-32)28-21(33)13-24(2,3)30-20-9-10-26-23(25)29-20/h5-10,14-15H,11-13,16H2,1-4H3,(H,28,33)(H,26,29,30). The van der Waals surface area contributed by atoms with Gasteiger partial charge in [-0.05, 0) is 39.0 Å². The SMILES string of the molecule is Cc1ccc(OCCN(C)C(=O)Cn2cc(NC(=O)CC(C)(C)Nc3ccnc(F)n3)cn2)cc1. The van der Waals surface area contributed by atoms with Gasteiger partial charge in [0.25, 0.3) is 0 Å². The van der Waals surface area contributed by atoms with Crippen molar-refractivity contribution in [2.75, 3.05) is 30.8 Å². The van der Waals surface area contributed by atoms with Gasteiger partial charge in [0.15, 0.2) is 0 Å². The summed E-state index contributed by atoms with van der Waals surface area (Å²) in [7, 11) is 1.70. The summed E-state index contributed by atoms with van der Waals surface area (Å²) < 4.78 is 20.3. The molecule has 2 heterocycles. The average molecular weight is 484 g/mol. The molecule has 0 aliphatic heterocycles. The predicted molar refractivity (Wildman–Crippen MR) is 129 cm³/mol. The summed E-state index contributed by atoms with van der Waals surface area (Å²) in [6.07, 6.45) is 3.61. The van der Waals surface area contributed by atoms with Crippen LogP contribution in [0.3, 0.4) is 0 Å². The third-order valence-corrected chi connectivity index (χ3v) is 5.05. The molecule has 186 valence electrons. The number of hydrogen-bond donors (Lipinski definition) is 2. The lowest BCUT2D eigenvalue weighted by molar-refractivity contribution is -0.131. The van der Waals surface area contributed by atoms with Crippen molar-refractivity contribution < 1.29 is 18.7 Å². The van der Waals surface area contributed by atoms with Gasteiger partial charge in [0.05, 0.1) is 18.4 Å². The molecule has 3 rings (SSSR count). The summed E-state index contributed by atoms with van der Waals surface area (Å²) in [5, 5.41) is 9.93. The van der Waals surface area contributed by atoms with Crippen molar-refractivity contribution in [3.05, 3.63) is 60.6 Å². The maximum absolute atomic E-state index is 13.2. The fourth-order valence-electron chi connectivity index (χ4n) is 3.24. The van der Waals surface area contributed by atoms with Crippen LogP contribution in [0, 0.1) is 13.0 Å². The van der Waals surface area contributed by atoms with E-state index in [0.717, 1.165) is 11.3 Å². The number of nitrogens with zero attached hydrogens (tertiary/aromatic N) is 5. The molecule has 0 aliphatic carbocycles. The normalized spacial score (nSPS) is 11.1. The first-order valence-corrected chi connectivity index (χ1v) is 11.1.